The van der Waals surface area contributed by atoms with E-state index in [1.165, 1.54) is 0 Å². The third kappa shape index (κ3) is 4.24. The lowest BCUT2D eigenvalue weighted by Gasteiger charge is -2.11. The van der Waals surface area contributed by atoms with Gasteiger partial charge >= 0.3 is 6.03 Å². The van der Waals surface area contributed by atoms with Gasteiger partial charge in [0.05, 0.1) is 5.69 Å². The standard InChI is InChI=1S/C16H19N3OS/c1-11(17)12-7-9-13(10-8-12)18-16(20)19-14-5-3-4-6-15(14)21-2/h3-11H,17H2,1-2H3,(H2,18,19,20). The van der Waals surface area contributed by atoms with Crippen LogP contribution in [0.3, 0.4) is 0 Å². The molecule has 21 heavy (non-hydrogen) atoms. The highest BCUT2D eigenvalue weighted by Crippen LogP contribution is 2.24. The minimum atomic E-state index is -0.259. The maximum Gasteiger partial charge on any atom is 0.323 e. The van der Waals surface area contributed by atoms with Gasteiger partial charge in [0.1, 0.15) is 0 Å². The summed E-state index contributed by atoms with van der Waals surface area (Å²) in [6.45, 7) is 1.93. The van der Waals surface area contributed by atoms with Gasteiger partial charge in [0, 0.05) is 16.6 Å². The summed E-state index contributed by atoms with van der Waals surface area (Å²) in [7, 11) is 0. The molecule has 2 rings (SSSR count). The molecule has 4 nitrogen and oxygen atoms in total. The zero-order valence-electron chi connectivity index (χ0n) is 12.1. The van der Waals surface area contributed by atoms with Gasteiger partial charge < -0.3 is 16.4 Å². The highest BCUT2D eigenvalue weighted by Gasteiger charge is 2.06. The Labute approximate surface area is 129 Å². The monoisotopic (exact) mass is 301 g/mol. The number of benzene rings is 2. The van der Waals surface area contributed by atoms with Gasteiger partial charge in [-0.15, -0.1) is 11.8 Å². The van der Waals surface area contributed by atoms with Crippen LogP contribution in [0.4, 0.5) is 16.2 Å². The maximum absolute atomic E-state index is 12.0. The van der Waals surface area contributed by atoms with E-state index in [0.29, 0.717) is 0 Å². The molecule has 0 heterocycles. The lowest BCUT2D eigenvalue weighted by atomic mass is 10.1. The fraction of sp³-hybridized carbons (Fsp3) is 0.188. The van der Waals surface area contributed by atoms with E-state index in [1.54, 1.807) is 11.8 Å². The van der Waals surface area contributed by atoms with Crippen LogP contribution in [0, 0.1) is 0 Å². The van der Waals surface area contributed by atoms with Crippen molar-refractivity contribution in [2.45, 2.75) is 17.9 Å². The van der Waals surface area contributed by atoms with E-state index in [-0.39, 0.29) is 12.1 Å². The number of nitrogens with two attached hydrogens (primary N) is 1. The Morgan fingerprint density at radius 1 is 1.10 bits per heavy atom. The van der Waals surface area contributed by atoms with Crippen molar-refractivity contribution in [2.75, 3.05) is 16.9 Å². The summed E-state index contributed by atoms with van der Waals surface area (Å²) in [6.07, 6.45) is 1.98. The molecule has 0 aliphatic carbocycles. The van der Waals surface area contributed by atoms with Gasteiger partial charge in [-0.05, 0) is 43.0 Å². The van der Waals surface area contributed by atoms with E-state index in [9.17, 15) is 4.79 Å². The molecule has 1 atom stereocenters. The van der Waals surface area contributed by atoms with Crippen molar-refractivity contribution in [3.05, 3.63) is 54.1 Å². The second-order valence-corrected chi connectivity index (χ2v) is 5.54. The van der Waals surface area contributed by atoms with Crippen LogP contribution < -0.4 is 16.4 Å². The van der Waals surface area contributed by atoms with Crippen LogP contribution in [-0.2, 0) is 0 Å². The molecule has 1 unspecified atom stereocenters. The quantitative estimate of drug-likeness (QED) is 0.746. The Bertz CT molecular complexity index is 611. The molecule has 5 heteroatoms. The van der Waals surface area contributed by atoms with Crippen LogP contribution >= 0.6 is 11.8 Å². The second kappa shape index (κ2) is 7.15. The van der Waals surface area contributed by atoms with Gasteiger partial charge in [-0.1, -0.05) is 24.3 Å². The first-order valence-corrected chi connectivity index (χ1v) is 7.89. The van der Waals surface area contributed by atoms with Crippen molar-refractivity contribution < 1.29 is 4.79 Å². The number of rotatable bonds is 4. The molecule has 2 amide bonds. The predicted octanol–water partition coefficient (Wildman–Crippen LogP) is 4.07. The van der Waals surface area contributed by atoms with Crippen LogP contribution in [0.15, 0.2) is 53.4 Å². The Hall–Kier alpha value is -1.98. The lowest BCUT2D eigenvalue weighted by Crippen LogP contribution is -2.19. The minimum absolute atomic E-state index is 0.0127. The molecule has 2 aromatic rings. The summed E-state index contributed by atoms with van der Waals surface area (Å²) in [5.41, 5.74) is 8.37. The number of anilines is 2. The van der Waals surface area contributed by atoms with E-state index >= 15 is 0 Å². The van der Waals surface area contributed by atoms with Gasteiger partial charge in [-0.3, -0.25) is 0 Å². The van der Waals surface area contributed by atoms with Gasteiger partial charge in [-0.2, -0.15) is 0 Å². The Morgan fingerprint density at radius 3 is 2.38 bits per heavy atom. The summed E-state index contributed by atoms with van der Waals surface area (Å²) in [5.74, 6) is 0. The van der Waals surface area contributed by atoms with Gasteiger partial charge in [0.25, 0.3) is 0 Å². The Balaban J connectivity index is 2.01. The molecule has 110 valence electrons. The largest absolute Gasteiger partial charge is 0.324 e. The highest BCUT2D eigenvalue weighted by atomic mass is 32.2. The number of nitrogens with one attached hydrogen (secondary N) is 2. The molecule has 0 aromatic heterocycles. The molecule has 0 spiro atoms. The molecule has 0 radical (unpaired) electrons. The summed E-state index contributed by atoms with van der Waals surface area (Å²) in [4.78, 5) is 13.0. The number of amides is 2. The number of urea groups is 1. The van der Waals surface area contributed by atoms with Crippen molar-refractivity contribution >= 4 is 29.2 Å². The number of carbonyl (C=O) groups excluding carboxylic acids is 1. The van der Waals surface area contributed by atoms with Crippen molar-refractivity contribution in [1.29, 1.82) is 0 Å². The van der Waals surface area contributed by atoms with E-state index < -0.39 is 0 Å². The zero-order chi connectivity index (χ0) is 15.2. The zero-order valence-corrected chi connectivity index (χ0v) is 12.9. The fourth-order valence-electron chi connectivity index (χ4n) is 1.90. The summed E-state index contributed by atoms with van der Waals surface area (Å²) < 4.78 is 0. The van der Waals surface area contributed by atoms with E-state index in [4.69, 9.17) is 5.73 Å². The molecule has 0 fully saturated rings. The van der Waals surface area contributed by atoms with E-state index in [2.05, 4.69) is 10.6 Å². The molecule has 0 saturated heterocycles. The van der Waals surface area contributed by atoms with Gasteiger partial charge in [0.2, 0.25) is 0 Å². The van der Waals surface area contributed by atoms with Crippen molar-refractivity contribution in [1.82, 2.24) is 0 Å². The van der Waals surface area contributed by atoms with Crippen LogP contribution in [0.5, 0.6) is 0 Å². The van der Waals surface area contributed by atoms with Gasteiger partial charge in [-0.25, -0.2) is 4.79 Å². The number of carbonyl (C=O) groups is 1. The average molecular weight is 301 g/mol. The van der Waals surface area contributed by atoms with Crippen LogP contribution in [0.25, 0.3) is 0 Å². The minimum Gasteiger partial charge on any atom is -0.324 e. The molecule has 0 aliphatic heterocycles. The Morgan fingerprint density at radius 2 is 1.76 bits per heavy atom. The van der Waals surface area contributed by atoms with Crippen molar-refractivity contribution in [3.63, 3.8) is 0 Å². The molecule has 0 aliphatic rings. The molecule has 4 N–H and O–H groups in total. The van der Waals surface area contributed by atoms with Crippen molar-refractivity contribution in [3.8, 4) is 0 Å². The number of para-hydroxylation sites is 1. The maximum atomic E-state index is 12.0. The third-order valence-electron chi connectivity index (χ3n) is 3.05. The lowest BCUT2D eigenvalue weighted by molar-refractivity contribution is 0.262. The molecule has 2 aromatic carbocycles. The number of hydrogen-bond donors (Lipinski definition) is 3. The van der Waals surface area contributed by atoms with Crippen LogP contribution in [0.2, 0.25) is 0 Å². The first kappa shape index (κ1) is 15.4. The second-order valence-electron chi connectivity index (χ2n) is 4.69. The average Bonchev–Trinajstić information content (AvgIpc) is 2.48. The van der Waals surface area contributed by atoms with E-state index in [0.717, 1.165) is 21.8 Å². The molecular weight excluding hydrogens is 282 g/mol. The predicted molar refractivity (Wildman–Crippen MR) is 89.9 cm³/mol. The summed E-state index contributed by atoms with van der Waals surface area (Å²) in [5, 5.41) is 5.66. The normalized spacial score (nSPS) is 11.8. The van der Waals surface area contributed by atoms with Crippen molar-refractivity contribution in [2.24, 2.45) is 5.73 Å². The third-order valence-corrected chi connectivity index (χ3v) is 3.85. The summed E-state index contributed by atoms with van der Waals surface area (Å²) >= 11 is 1.59. The molecular formula is C16H19N3OS. The topological polar surface area (TPSA) is 67.2 Å². The van der Waals surface area contributed by atoms with E-state index in [1.807, 2.05) is 61.7 Å². The number of hydrogen-bond acceptors (Lipinski definition) is 3. The summed E-state index contributed by atoms with van der Waals surface area (Å²) in [6, 6.07) is 14.9. The fourth-order valence-corrected chi connectivity index (χ4v) is 2.46. The first-order chi connectivity index (χ1) is 10.1. The van der Waals surface area contributed by atoms with Crippen LogP contribution in [-0.4, -0.2) is 12.3 Å². The SMILES string of the molecule is CSc1ccccc1NC(=O)Nc1ccc(C(C)N)cc1. The first-order valence-electron chi connectivity index (χ1n) is 6.66. The van der Waals surface area contributed by atoms with Gasteiger partial charge in [0.15, 0.2) is 0 Å². The molecule has 0 saturated carbocycles. The highest BCUT2D eigenvalue weighted by molar-refractivity contribution is 7.98. The number of thioether (sulfide) groups is 1. The molecule has 0 bridgehead atoms. The smallest absolute Gasteiger partial charge is 0.323 e. The van der Waals surface area contributed by atoms with Crippen LogP contribution in [0.1, 0.15) is 18.5 Å². The Kier molecular flexibility index (Phi) is 5.25.